The SMILES string of the molecule is CN=CC(=CN)CN(C)C(C)C=O. The molecule has 0 aromatic heterocycles. The van der Waals surface area contributed by atoms with Gasteiger partial charge in [-0.1, -0.05) is 0 Å². The molecule has 0 heterocycles. The molecule has 0 aromatic rings. The van der Waals surface area contributed by atoms with Crippen LogP contribution in [0.15, 0.2) is 16.8 Å². The number of carbonyl (C=O) groups is 1. The van der Waals surface area contributed by atoms with Crippen molar-refractivity contribution >= 4 is 12.5 Å². The molecule has 0 saturated carbocycles. The van der Waals surface area contributed by atoms with Gasteiger partial charge in [0.15, 0.2) is 0 Å². The first-order chi connectivity index (χ1) is 6.15. The van der Waals surface area contributed by atoms with Gasteiger partial charge in [0.2, 0.25) is 0 Å². The van der Waals surface area contributed by atoms with Crippen LogP contribution in [0.2, 0.25) is 0 Å². The molecule has 13 heavy (non-hydrogen) atoms. The van der Waals surface area contributed by atoms with Crippen LogP contribution in [0, 0.1) is 0 Å². The van der Waals surface area contributed by atoms with Crippen LogP contribution in [0.25, 0.3) is 0 Å². The lowest BCUT2D eigenvalue weighted by atomic mass is 10.2. The van der Waals surface area contributed by atoms with Gasteiger partial charge in [-0.15, -0.1) is 0 Å². The first kappa shape index (κ1) is 11.8. The number of aliphatic imine (C=N–C) groups is 1. The Bertz CT molecular complexity index is 211. The van der Waals surface area contributed by atoms with E-state index in [2.05, 4.69) is 4.99 Å². The number of hydrogen-bond donors (Lipinski definition) is 1. The van der Waals surface area contributed by atoms with Gasteiger partial charge in [0, 0.05) is 19.8 Å². The van der Waals surface area contributed by atoms with E-state index in [1.54, 1.807) is 13.3 Å². The minimum absolute atomic E-state index is 0.0970. The van der Waals surface area contributed by atoms with Gasteiger partial charge < -0.3 is 10.5 Å². The van der Waals surface area contributed by atoms with E-state index in [1.807, 2.05) is 18.9 Å². The molecule has 0 bridgehead atoms. The van der Waals surface area contributed by atoms with Gasteiger partial charge in [0.05, 0.1) is 6.04 Å². The number of aldehydes is 1. The third kappa shape index (κ3) is 4.42. The Morgan fingerprint density at radius 2 is 2.31 bits per heavy atom. The molecule has 2 N–H and O–H groups in total. The maximum Gasteiger partial charge on any atom is 0.136 e. The average molecular weight is 183 g/mol. The van der Waals surface area contributed by atoms with E-state index < -0.39 is 0 Å². The zero-order chi connectivity index (χ0) is 10.3. The predicted octanol–water partition coefficient (Wildman–Crippen LogP) is 0.0488. The predicted molar refractivity (Wildman–Crippen MR) is 54.8 cm³/mol. The monoisotopic (exact) mass is 183 g/mol. The second kappa shape index (κ2) is 6.37. The van der Waals surface area contributed by atoms with Crippen LogP contribution in [0.5, 0.6) is 0 Å². The zero-order valence-corrected chi connectivity index (χ0v) is 8.40. The molecule has 0 rings (SSSR count). The lowest BCUT2D eigenvalue weighted by molar-refractivity contribution is -0.111. The fourth-order valence-corrected chi connectivity index (χ4v) is 0.838. The molecule has 0 spiro atoms. The molecule has 0 aliphatic carbocycles. The van der Waals surface area contributed by atoms with Crippen molar-refractivity contribution < 1.29 is 4.79 Å². The molecule has 0 aliphatic heterocycles. The summed E-state index contributed by atoms with van der Waals surface area (Å²) in [6, 6.07) is -0.0970. The van der Waals surface area contributed by atoms with Gasteiger partial charge in [-0.2, -0.15) is 0 Å². The lowest BCUT2D eigenvalue weighted by Crippen LogP contribution is -2.32. The van der Waals surface area contributed by atoms with Crippen molar-refractivity contribution in [2.45, 2.75) is 13.0 Å². The van der Waals surface area contributed by atoms with Crippen LogP contribution < -0.4 is 5.73 Å². The van der Waals surface area contributed by atoms with E-state index in [4.69, 9.17) is 5.73 Å². The highest BCUT2D eigenvalue weighted by atomic mass is 16.1. The summed E-state index contributed by atoms with van der Waals surface area (Å²) in [4.78, 5) is 16.2. The van der Waals surface area contributed by atoms with Crippen LogP contribution in [-0.2, 0) is 4.79 Å². The number of carbonyl (C=O) groups excluding carboxylic acids is 1. The standard InChI is InChI=1S/C9H17N3O/c1-8(7-13)12(3)6-9(4-10)5-11-2/h4-5,7-8H,6,10H2,1-3H3. The summed E-state index contributed by atoms with van der Waals surface area (Å²) in [5.74, 6) is 0. The molecule has 0 radical (unpaired) electrons. The first-order valence-electron chi connectivity index (χ1n) is 4.14. The maximum atomic E-state index is 10.4. The molecule has 0 aromatic carbocycles. The summed E-state index contributed by atoms with van der Waals surface area (Å²) in [7, 11) is 3.55. The van der Waals surface area contributed by atoms with Crippen molar-refractivity contribution in [2.75, 3.05) is 20.6 Å². The zero-order valence-electron chi connectivity index (χ0n) is 8.40. The lowest BCUT2D eigenvalue weighted by Gasteiger charge is -2.19. The summed E-state index contributed by atoms with van der Waals surface area (Å²) < 4.78 is 0. The maximum absolute atomic E-state index is 10.4. The van der Waals surface area contributed by atoms with Gasteiger partial charge in [-0.3, -0.25) is 9.89 Å². The summed E-state index contributed by atoms with van der Waals surface area (Å²) >= 11 is 0. The number of hydrogen-bond acceptors (Lipinski definition) is 4. The van der Waals surface area contributed by atoms with Crippen LogP contribution in [0.1, 0.15) is 6.92 Å². The molecule has 0 fully saturated rings. The fraction of sp³-hybridized carbons (Fsp3) is 0.556. The average Bonchev–Trinajstić information content (AvgIpc) is 2.15. The molecular formula is C9H17N3O. The van der Waals surface area contributed by atoms with Gasteiger partial charge >= 0.3 is 0 Å². The normalized spacial score (nSPS) is 15.2. The van der Waals surface area contributed by atoms with Crippen molar-refractivity contribution in [1.82, 2.24) is 4.90 Å². The minimum Gasteiger partial charge on any atom is -0.404 e. The molecule has 0 aliphatic rings. The number of rotatable bonds is 5. The molecule has 4 heteroatoms. The minimum atomic E-state index is -0.0970. The molecule has 1 atom stereocenters. The van der Waals surface area contributed by atoms with Crippen LogP contribution in [-0.4, -0.2) is 44.1 Å². The van der Waals surface area contributed by atoms with Crippen molar-refractivity contribution in [3.05, 3.63) is 11.8 Å². The molecule has 0 saturated heterocycles. The Balaban J connectivity index is 4.17. The first-order valence-corrected chi connectivity index (χ1v) is 4.14. The largest absolute Gasteiger partial charge is 0.404 e. The second-order valence-electron chi connectivity index (χ2n) is 2.92. The highest BCUT2D eigenvalue weighted by Gasteiger charge is 2.07. The topological polar surface area (TPSA) is 58.7 Å². The highest BCUT2D eigenvalue weighted by molar-refractivity contribution is 5.78. The van der Waals surface area contributed by atoms with Gasteiger partial charge in [0.1, 0.15) is 6.29 Å². The van der Waals surface area contributed by atoms with Gasteiger partial charge in [-0.05, 0) is 25.7 Å². The molecule has 0 amide bonds. The summed E-state index contributed by atoms with van der Waals surface area (Å²) in [5.41, 5.74) is 6.28. The summed E-state index contributed by atoms with van der Waals surface area (Å²) in [5, 5.41) is 0. The van der Waals surface area contributed by atoms with E-state index >= 15 is 0 Å². The number of likely N-dealkylation sites (N-methyl/N-ethyl adjacent to an activating group) is 1. The van der Waals surface area contributed by atoms with E-state index in [0.29, 0.717) is 6.54 Å². The Labute approximate surface area is 79.1 Å². The Morgan fingerprint density at radius 1 is 1.69 bits per heavy atom. The summed E-state index contributed by atoms with van der Waals surface area (Å²) in [6.07, 6.45) is 4.09. The number of nitrogens with two attached hydrogens (primary N) is 1. The molecule has 1 unspecified atom stereocenters. The van der Waals surface area contributed by atoms with E-state index in [9.17, 15) is 4.79 Å². The van der Waals surface area contributed by atoms with Crippen molar-refractivity contribution in [2.24, 2.45) is 10.7 Å². The van der Waals surface area contributed by atoms with Crippen LogP contribution >= 0.6 is 0 Å². The molecule has 4 nitrogen and oxygen atoms in total. The smallest absolute Gasteiger partial charge is 0.136 e. The van der Waals surface area contributed by atoms with Crippen molar-refractivity contribution in [3.63, 3.8) is 0 Å². The Hall–Kier alpha value is -1.16. The fourth-order valence-electron chi connectivity index (χ4n) is 0.838. The third-order valence-electron chi connectivity index (χ3n) is 1.83. The van der Waals surface area contributed by atoms with Crippen molar-refractivity contribution in [3.8, 4) is 0 Å². The van der Waals surface area contributed by atoms with Gasteiger partial charge in [-0.25, -0.2) is 0 Å². The van der Waals surface area contributed by atoms with Crippen LogP contribution in [0.4, 0.5) is 0 Å². The molecule has 74 valence electrons. The van der Waals surface area contributed by atoms with Crippen molar-refractivity contribution in [1.29, 1.82) is 0 Å². The number of nitrogens with zero attached hydrogens (tertiary/aromatic N) is 2. The van der Waals surface area contributed by atoms with Gasteiger partial charge in [0.25, 0.3) is 0 Å². The van der Waals surface area contributed by atoms with Crippen LogP contribution in [0.3, 0.4) is 0 Å². The summed E-state index contributed by atoms with van der Waals surface area (Å²) in [6.45, 7) is 2.47. The van der Waals surface area contributed by atoms with E-state index in [-0.39, 0.29) is 6.04 Å². The third-order valence-corrected chi connectivity index (χ3v) is 1.83. The molecular weight excluding hydrogens is 166 g/mol. The highest BCUT2D eigenvalue weighted by Crippen LogP contribution is 1.97. The van der Waals surface area contributed by atoms with E-state index in [0.717, 1.165) is 11.9 Å². The quantitative estimate of drug-likeness (QED) is 0.484. The van der Waals surface area contributed by atoms with E-state index in [1.165, 1.54) is 6.20 Å². The Morgan fingerprint density at radius 3 is 2.69 bits per heavy atom. The Kier molecular flexibility index (Phi) is 5.80. The second-order valence-corrected chi connectivity index (χ2v) is 2.92.